The number of nitrogens with one attached hydrogen (secondary N) is 1. The monoisotopic (exact) mass is 246 g/mol. The van der Waals surface area contributed by atoms with Gasteiger partial charge in [-0.25, -0.2) is 0 Å². The molecule has 2 N–H and O–H groups in total. The van der Waals surface area contributed by atoms with Crippen LogP contribution in [0.25, 0.3) is 0 Å². The Labute approximate surface area is 107 Å². The van der Waals surface area contributed by atoms with E-state index < -0.39 is 11.4 Å². The van der Waals surface area contributed by atoms with Crippen LogP contribution in [-0.2, 0) is 10.2 Å². The lowest BCUT2D eigenvalue weighted by Gasteiger charge is -2.32. The maximum Gasteiger partial charge on any atom is 0.314 e. The molecule has 1 aromatic rings. The second-order valence-corrected chi connectivity index (χ2v) is 5.14. The number of anilines is 1. The Morgan fingerprint density at radius 1 is 1.22 bits per heavy atom. The minimum Gasteiger partial charge on any atom is -0.481 e. The first-order chi connectivity index (χ1) is 8.74. The van der Waals surface area contributed by atoms with Crippen molar-refractivity contribution in [2.24, 2.45) is 0 Å². The molecule has 0 spiro atoms. The summed E-state index contributed by atoms with van der Waals surface area (Å²) in [4.78, 5) is 13.8. The maximum absolute atomic E-state index is 11.5. The van der Waals surface area contributed by atoms with E-state index in [4.69, 9.17) is 0 Å². The van der Waals surface area contributed by atoms with Gasteiger partial charge in [0.25, 0.3) is 0 Å². The number of carboxylic acids is 1. The van der Waals surface area contributed by atoms with Gasteiger partial charge in [-0.3, -0.25) is 4.79 Å². The highest BCUT2D eigenvalue weighted by Crippen LogP contribution is 2.51. The summed E-state index contributed by atoms with van der Waals surface area (Å²) >= 11 is 0. The molecule has 0 aromatic heterocycles. The topological polar surface area (TPSA) is 52.6 Å². The van der Waals surface area contributed by atoms with Crippen molar-refractivity contribution >= 4 is 11.7 Å². The molecule has 0 amide bonds. The first kappa shape index (κ1) is 11.5. The largest absolute Gasteiger partial charge is 0.481 e. The summed E-state index contributed by atoms with van der Waals surface area (Å²) in [6, 6.07) is 7.99. The quantitative estimate of drug-likeness (QED) is 0.842. The van der Waals surface area contributed by atoms with Gasteiger partial charge in [-0.05, 0) is 24.5 Å². The summed E-state index contributed by atoms with van der Waals surface area (Å²) in [5.41, 5.74) is 1.50. The van der Waals surface area contributed by atoms with Crippen molar-refractivity contribution in [3.63, 3.8) is 0 Å². The third-order valence-electron chi connectivity index (χ3n) is 4.04. The summed E-state index contributed by atoms with van der Waals surface area (Å²) < 4.78 is 0. The molecule has 1 aromatic carbocycles. The number of nitrogens with zero attached hydrogens (tertiary/aromatic N) is 1. The highest BCUT2D eigenvalue weighted by molar-refractivity contribution is 5.87. The normalized spacial score (nSPS) is 21.7. The summed E-state index contributed by atoms with van der Waals surface area (Å²) in [5, 5.41) is 12.8. The third-order valence-corrected chi connectivity index (χ3v) is 4.04. The Hall–Kier alpha value is -1.55. The highest BCUT2D eigenvalue weighted by atomic mass is 16.4. The molecule has 0 radical (unpaired) electrons. The number of hydrogen-bond donors (Lipinski definition) is 2. The van der Waals surface area contributed by atoms with Crippen LogP contribution < -0.4 is 10.2 Å². The Balaban J connectivity index is 1.97. The minimum absolute atomic E-state index is 0.610. The van der Waals surface area contributed by atoms with Crippen molar-refractivity contribution in [3.8, 4) is 0 Å². The zero-order valence-corrected chi connectivity index (χ0v) is 10.4. The van der Waals surface area contributed by atoms with E-state index in [1.165, 1.54) is 0 Å². The second-order valence-electron chi connectivity index (χ2n) is 5.14. The van der Waals surface area contributed by atoms with Crippen LogP contribution in [0.2, 0.25) is 0 Å². The molecular formula is C14H18N2O2. The lowest BCUT2D eigenvalue weighted by Crippen LogP contribution is -2.44. The molecular weight excluding hydrogens is 228 g/mol. The SMILES string of the molecule is O=C(O)C1(c2ccccc2N2CCNCC2)CC1. The van der Waals surface area contributed by atoms with Gasteiger partial charge >= 0.3 is 5.97 Å². The van der Waals surface area contributed by atoms with Gasteiger partial charge in [0.15, 0.2) is 0 Å². The van der Waals surface area contributed by atoms with Gasteiger partial charge in [-0.2, -0.15) is 0 Å². The van der Waals surface area contributed by atoms with E-state index in [2.05, 4.69) is 16.3 Å². The summed E-state index contributed by atoms with van der Waals surface area (Å²) in [6.45, 7) is 3.84. The van der Waals surface area contributed by atoms with Crippen LogP contribution in [0, 0.1) is 0 Å². The van der Waals surface area contributed by atoms with E-state index in [0.717, 1.165) is 50.3 Å². The van der Waals surface area contributed by atoms with Crippen LogP contribution in [0.5, 0.6) is 0 Å². The van der Waals surface area contributed by atoms with Gasteiger partial charge in [0, 0.05) is 31.9 Å². The molecule has 0 unspecified atom stereocenters. The molecule has 1 aliphatic carbocycles. The maximum atomic E-state index is 11.5. The molecule has 1 aliphatic heterocycles. The first-order valence-corrected chi connectivity index (χ1v) is 6.53. The van der Waals surface area contributed by atoms with E-state index in [1.807, 2.05) is 18.2 Å². The fraction of sp³-hybridized carbons (Fsp3) is 0.500. The summed E-state index contributed by atoms with van der Waals surface area (Å²) in [7, 11) is 0. The average Bonchev–Trinajstić information content (AvgIpc) is 3.21. The highest BCUT2D eigenvalue weighted by Gasteiger charge is 2.53. The smallest absolute Gasteiger partial charge is 0.314 e. The summed E-state index contributed by atoms with van der Waals surface area (Å²) in [5.74, 6) is -0.676. The fourth-order valence-corrected chi connectivity index (χ4v) is 2.78. The van der Waals surface area contributed by atoms with Crippen LogP contribution in [0.4, 0.5) is 5.69 Å². The number of benzene rings is 1. The lowest BCUT2D eigenvalue weighted by atomic mass is 9.93. The van der Waals surface area contributed by atoms with E-state index in [0.29, 0.717) is 0 Å². The fourth-order valence-electron chi connectivity index (χ4n) is 2.78. The van der Waals surface area contributed by atoms with Crippen molar-refractivity contribution in [2.45, 2.75) is 18.3 Å². The van der Waals surface area contributed by atoms with E-state index in [1.54, 1.807) is 0 Å². The minimum atomic E-state index is -0.676. The number of rotatable bonds is 3. The Morgan fingerprint density at radius 3 is 2.50 bits per heavy atom. The number of hydrogen-bond acceptors (Lipinski definition) is 3. The molecule has 3 rings (SSSR count). The van der Waals surface area contributed by atoms with Crippen molar-refractivity contribution in [1.82, 2.24) is 5.32 Å². The molecule has 1 saturated heterocycles. The molecule has 2 fully saturated rings. The van der Waals surface area contributed by atoms with Gasteiger partial charge in [-0.1, -0.05) is 18.2 Å². The number of para-hydroxylation sites is 1. The van der Waals surface area contributed by atoms with Gasteiger partial charge in [0.1, 0.15) is 0 Å². The molecule has 18 heavy (non-hydrogen) atoms. The predicted molar refractivity (Wildman–Crippen MR) is 70.1 cm³/mol. The molecule has 1 heterocycles. The van der Waals surface area contributed by atoms with Crippen molar-refractivity contribution in [2.75, 3.05) is 31.1 Å². The number of piperazine rings is 1. The molecule has 2 aliphatic rings. The second kappa shape index (κ2) is 4.28. The van der Waals surface area contributed by atoms with Crippen molar-refractivity contribution in [3.05, 3.63) is 29.8 Å². The predicted octanol–water partition coefficient (Wildman–Crippen LogP) is 1.21. The van der Waals surface area contributed by atoms with E-state index >= 15 is 0 Å². The lowest BCUT2D eigenvalue weighted by molar-refractivity contribution is -0.140. The van der Waals surface area contributed by atoms with Gasteiger partial charge in [-0.15, -0.1) is 0 Å². The number of carbonyl (C=O) groups is 1. The van der Waals surface area contributed by atoms with Gasteiger partial charge < -0.3 is 15.3 Å². The van der Waals surface area contributed by atoms with Gasteiger partial charge in [0.05, 0.1) is 5.41 Å². The van der Waals surface area contributed by atoms with Crippen molar-refractivity contribution in [1.29, 1.82) is 0 Å². The van der Waals surface area contributed by atoms with Crippen LogP contribution in [0.1, 0.15) is 18.4 Å². The summed E-state index contributed by atoms with van der Waals surface area (Å²) in [6.07, 6.45) is 1.54. The zero-order valence-electron chi connectivity index (χ0n) is 10.4. The van der Waals surface area contributed by atoms with Crippen LogP contribution in [0.3, 0.4) is 0 Å². The number of aliphatic carboxylic acids is 1. The Morgan fingerprint density at radius 2 is 1.89 bits per heavy atom. The number of carboxylic acid groups (broad SMARTS) is 1. The van der Waals surface area contributed by atoms with Crippen molar-refractivity contribution < 1.29 is 9.90 Å². The van der Waals surface area contributed by atoms with Gasteiger partial charge in [0.2, 0.25) is 0 Å². The molecule has 1 saturated carbocycles. The van der Waals surface area contributed by atoms with Crippen LogP contribution >= 0.6 is 0 Å². The molecule has 0 atom stereocenters. The van der Waals surface area contributed by atoms with Crippen LogP contribution in [0.15, 0.2) is 24.3 Å². The molecule has 96 valence electrons. The Bertz CT molecular complexity index is 463. The Kier molecular flexibility index (Phi) is 2.74. The standard InChI is InChI=1S/C14H18N2O2/c17-13(18)14(5-6-14)11-3-1-2-4-12(11)16-9-7-15-8-10-16/h1-4,15H,5-10H2,(H,17,18). The average molecular weight is 246 g/mol. The third kappa shape index (κ3) is 1.77. The zero-order chi connectivity index (χ0) is 12.6. The molecule has 4 heteroatoms. The van der Waals surface area contributed by atoms with E-state index in [9.17, 15) is 9.90 Å². The molecule has 0 bridgehead atoms. The van der Waals surface area contributed by atoms with E-state index in [-0.39, 0.29) is 0 Å². The molecule has 4 nitrogen and oxygen atoms in total. The van der Waals surface area contributed by atoms with Crippen LogP contribution in [-0.4, -0.2) is 37.3 Å². The first-order valence-electron chi connectivity index (χ1n) is 6.53.